The maximum absolute atomic E-state index is 12.2. The molecule has 118 valence electrons. The lowest BCUT2D eigenvalue weighted by molar-refractivity contribution is -0.127. The summed E-state index contributed by atoms with van der Waals surface area (Å²) in [5, 5.41) is 8.29. The number of amides is 3. The summed E-state index contributed by atoms with van der Waals surface area (Å²) in [7, 11) is 3.17. The van der Waals surface area contributed by atoms with Crippen molar-refractivity contribution < 1.29 is 19.1 Å². The number of urea groups is 1. The van der Waals surface area contributed by atoms with Crippen LogP contribution in [0.5, 0.6) is 11.5 Å². The summed E-state index contributed by atoms with van der Waals surface area (Å²) >= 11 is 0. The van der Waals surface area contributed by atoms with Gasteiger partial charge in [-0.3, -0.25) is 15.4 Å². The summed E-state index contributed by atoms with van der Waals surface area (Å²) in [6.07, 6.45) is 0.466. The van der Waals surface area contributed by atoms with E-state index in [4.69, 9.17) is 9.47 Å². The molecule has 7 nitrogen and oxygen atoms in total. The topological polar surface area (TPSA) is 88.7 Å². The van der Waals surface area contributed by atoms with Crippen LogP contribution in [0.25, 0.3) is 0 Å². The molecule has 3 amide bonds. The van der Waals surface area contributed by atoms with Gasteiger partial charge in [0, 0.05) is 5.92 Å². The van der Waals surface area contributed by atoms with Crippen molar-refractivity contribution in [2.24, 2.45) is 5.92 Å². The van der Waals surface area contributed by atoms with Crippen LogP contribution in [-0.4, -0.2) is 38.9 Å². The third-order valence-electron chi connectivity index (χ3n) is 4.27. The molecule has 2 fully saturated rings. The largest absolute Gasteiger partial charge is 0.493 e. The maximum Gasteiger partial charge on any atom is 0.322 e. The fourth-order valence-corrected chi connectivity index (χ4v) is 3.24. The standard InChI is InChI=1S/C15H19N3O4/c1-21-10-4-3-8(7-11(10)22-2)9-5-6-16-13-12(9)14(19)18-15(20)17-13/h3-4,7,9,12-13,16H,5-6H2,1-2H3,(H2,17,18,19,20). The molecular formula is C15H19N3O4. The van der Waals surface area contributed by atoms with Crippen LogP contribution >= 0.6 is 0 Å². The average Bonchev–Trinajstić information content (AvgIpc) is 2.53. The van der Waals surface area contributed by atoms with Crippen LogP contribution < -0.4 is 25.4 Å². The number of benzene rings is 1. The fourth-order valence-electron chi connectivity index (χ4n) is 3.24. The predicted octanol–water partition coefficient (Wildman–Crippen LogP) is 0.562. The summed E-state index contributed by atoms with van der Waals surface area (Å²) in [6, 6.07) is 5.23. The summed E-state index contributed by atoms with van der Waals surface area (Å²) in [6.45, 7) is 0.730. The van der Waals surface area contributed by atoms with Gasteiger partial charge in [-0.1, -0.05) is 6.07 Å². The molecule has 2 aliphatic heterocycles. The van der Waals surface area contributed by atoms with Gasteiger partial charge in [0.1, 0.15) is 0 Å². The van der Waals surface area contributed by atoms with Crippen molar-refractivity contribution in [1.29, 1.82) is 0 Å². The lowest BCUT2D eigenvalue weighted by Crippen LogP contribution is -2.66. The molecule has 0 aromatic heterocycles. The molecular weight excluding hydrogens is 286 g/mol. The number of fused-ring (bicyclic) bond motifs is 1. The molecule has 22 heavy (non-hydrogen) atoms. The molecule has 0 radical (unpaired) electrons. The Morgan fingerprint density at radius 1 is 1.14 bits per heavy atom. The molecule has 2 aliphatic rings. The quantitative estimate of drug-likeness (QED) is 0.759. The molecule has 3 atom stereocenters. The van der Waals surface area contributed by atoms with Crippen molar-refractivity contribution in [3.63, 3.8) is 0 Å². The van der Waals surface area contributed by atoms with E-state index in [-0.39, 0.29) is 23.9 Å². The Hall–Kier alpha value is -2.28. The van der Waals surface area contributed by atoms with E-state index in [1.807, 2.05) is 18.2 Å². The van der Waals surface area contributed by atoms with Crippen molar-refractivity contribution in [2.45, 2.75) is 18.5 Å². The minimum absolute atomic E-state index is 0.00616. The second-order valence-electron chi connectivity index (χ2n) is 5.43. The first-order valence-electron chi connectivity index (χ1n) is 7.20. The van der Waals surface area contributed by atoms with E-state index in [2.05, 4.69) is 16.0 Å². The van der Waals surface area contributed by atoms with Gasteiger partial charge in [0.25, 0.3) is 0 Å². The Kier molecular flexibility index (Phi) is 3.89. The van der Waals surface area contributed by atoms with Crippen molar-refractivity contribution in [2.75, 3.05) is 20.8 Å². The van der Waals surface area contributed by atoms with Crippen LogP contribution in [0.3, 0.4) is 0 Å². The van der Waals surface area contributed by atoms with Gasteiger partial charge >= 0.3 is 6.03 Å². The summed E-state index contributed by atoms with van der Waals surface area (Å²) in [5.41, 5.74) is 1.00. The third-order valence-corrected chi connectivity index (χ3v) is 4.27. The van der Waals surface area contributed by atoms with Crippen LogP contribution in [0.2, 0.25) is 0 Å². The highest BCUT2D eigenvalue weighted by molar-refractivity contribution is 5.99. The van der Waals surface area contributed by atoms with E-state index >= 15 is 0 Å². The highest BCUT2D eigenvalue weighted by atomic mass is 16.5. The maximum atomic E-state index is 12.2. The van der Waals surface area contributed by atoms with Crippen molar-refractivity contribution in [1.82, 2.24) is 16.0 Å². The van der Waals surface area contributed by atoms with E-state index in [1.54, 1.807) is 14.2 Å². The van der Waals surface area contributed by atoms with Crippen LogP contribution in [0, 0.1) is 5.92 Å². The van der Waals surface area contributed by atoms with E-state index in [0.717, 1.165) is 18.5 Å². The molecule has 3 unspecified atom stereocenters. The molecule has 2 heterocycles. The summed E-state index contributed by atoms with van der Waals surface area (Å²) in [4.78, 5) is 23.7. The van der Waals surface area contributed by atoms with Gasteiger partial charge in [0.2, 0.25) is 5.91 Å². The highest BCUT2D eigenvalue weighted by Crippen LogP contribution is 2.38. The van der Waals surface area contributed by atoms with Crippen molar-refractivity contribution >= 4 is 11.9 Å². The molecule has 2 saturated heterocycles. The zero-order chi connectivity index (χ0) is 15.7. The van der Waals surface area contributed by atoms with Gasteiger partial charge in [-0.2, -0.15) is 0 Å². The first-order valence-corrected chi connectivity index (χ1v) is 7.20. The van der Waals surface area contributed by atoms with Gasteiger partial charge in [-0.05, 0) is 30.7 Å². The number of nitrogens with one attached hydrogen (secondary N) is 3. The number of hydrogen-bond donors (Lipinski definition) is 3. The Morgan fingerprint density at radius 2 is 1.91 bits per heavy atom. The van der Waals surface area contributed by atoms with E-state index < -0.39 is 6.03 Å². The normalized spacial score (nSPS) is 27.5. The number of rotatable bonds is 3. The van der Waals surface area contributed by atoms with Crippen molar-refractivity contribution in [3.8, 4) is 11.5 Å². The molecule has 3 N–H and O–H groups in total. The minimum Gasteiger partial charge on any atom is -0.493 e. The predicted molar refractivity (Wildman–Crippen MR) is 78.9 cm³/mol. The number of imide groups is 1. The number of hydrogen-bond acceptors (Lipinski definition) is 5. The Balaban J connectivity index is 1.93. The lowest BCUT2D eigenvalue weighted by Gasteiger charge is -2.41. The number of carbonyl (C=O) groups excluding carboxylic acids is 2. The second kappa shape index (κ2) is 5.84. The van der Waals surface area contributed by atoms with E-state index in [9.17, 15) is 9.59 Å². The minimum atomic E-state index is -0.452. The molecule has 1 aromatic rings. The Morgan fingerprint density at radius 3 is 2.64 bits per heavy atom. The third kappa shape index (κ3) is 2.48. The lowest BCUT2D eigenvalue weighted by atomic mass is 9.78. The van der Waals surface area contributed by atoms with Crippen LogP contribution in [-0.2, 0) is 4.79 Å². The molecule has 0 bridgehead atoms. The Labute approximate surface area is 128 Å². The number of piperidine rings is 1. The first kappa shape index (κ1) is 14.6. The number of carbonyl (C=O) groups is 2. The van der Waals surface area contributed by atoms with Gasteiger partial charge in [0.15, 0.2) is 11.5 Å². The van der Waals surface area contributed by atoms with Gasteiger partial charge in [-0.15, -0.1) is 0 Å². The molecule has 0 saturated carbocycles. The SMILES string of the molecule is COc1ccc(C2CCNC3NC(=O)NC(=O)C32)cc1OC. The molecule has 3 rings (SSSR count). The van der Waals surface area contributed by atoms with Crippen LogP contribution in [0.15, 0.2) is 18.2 Å². The monoisotopic (exact) mass is 305 g/mol. The Bertz CT molecular complexity index is 604. The smallest absolute Gasteiger partial charge is 0.322 e. The van der Waals surface area contributed by atoms with E-state index in [0.29, 0.717) is 11.5 Å². The zero-order valence-corrected chi connectivity index (χ0v) is 12.5. The number of ether oxygens (including phenoxy) is 2. The molecule has 1 aromatic carbocycles. The van der Waals surface area contributed by atoms with Gasteiger partial charge in [0.05, 0.1) is 26.3 Å². The van der Waals surface area contributed by atoms with Gasteiger partial charge < -0.3 is 14.8 Å². The average molecular weight is 305 g/mol. The molecule has 0 aliphatic carbocycles. The molecule has 0 spiro atoms. The van der Waals surface area contributed by atoms with Crippen LogP contribution in [0.4, 0.5) is 4.79 Å². The van der Waals surface area contributed by atoms with Crippen molar-refractivity contribution in [3.05, 3.63) is 23.8 Å². The van der Waals surface area contributed by atoms with Crippen LogP contribution in [0.1, 0.15) is 17.9 Å². The summed E-state index contributed by atoms with van der Waals surface area (Å²) in [5.74, 6) is 0.699. The first-order chi connectivity index (χ1) is 10.6. The highest BCUT2D eigenvalue weighted by Gasteiger charge is 2.43. The molecule has 7 heteroatoms. The zero-order valence-electron chi connectivity index (χ0n) is 12.5. The van der Waals surface area contributed by atoms with Gasteiger partial charge in [-0.25, -0.2) is 4.79 Å². The summed E-state index contributed by atoms with van der Waals surface area (Å²) < 4.78 is 10.6. The second-order valence-corrected chi connectivity index (χ2v) is 5.43. The van der Waals surface area contributed by atoms with E-state index in [1.165, 1.54) is 0 Å². The number of methoxy groups -OCH3 is 2. The fraction of sp³-hybridized carbons (Fsp3) is 0.467.